The highest BCUT2D eigenvalue weighted by atomic mass is 35.5. The summed E-state index contributed by atoms with van der Waals surface area (Å²) in [4.78, 5) is 5.42. The van der Waals surface area contributed by atoms with Crippen LogP contribution in [0.5, 0.6) is 0 Å². The van der Waals surface area contributed by atoms with Crippen LogP contribution in [0.2, 0.25) is 10.0 Å². The molecule has 1 unspecified atom stereocenters. The van der Waals surface area contributed by atoms with E-state index >= 15 is 0 Å². The second-order valence-corrected chi connectivity index (χ2v) is 6.29. The van der Waals surface area contributed by atoms with Gasteiger partial charge in [0.25, 0.3) is 0 Å². The summed E-state index contributed by atoms with van der Waals surface area (Å²) in [7, 11) is 0. The van der Waals surface area contributed by atoms with E-state index < -0.39 is 0 Å². The molecule has 1 N–H and O–H groups in total. The summed E-state index contributed by atoms with van der Waals surface area (Å²) in [6.07, 6.45) is 1.84. The molecule has 0 spiro atoms. The average molecular weight is 327 g/mol. The molecule has 0 fully saturated rings. The Morgan fingerprint density at radius 1 is 1.20 bits per heavy atom. The fourth-order valence-corrected chi connectivity index (χ4v) is 3.06. The quantitative estimate of drug-likeness (QED) is 0.816. The van der Waals surface area contributed by atoms with Gasteiger partial charge in [-0.2, -0.15) is 0 Å². The van der Waals surface area contributed by atoms with E-state index in [4.69, 9.17) is 23.2 Å². The Balaban J connectivity index is 2.16. The number of pyridine rings is 1. The smallest absolute Gasteiger partial charge is 0.101 e. The topological polar surface area (TPSA) is 24.9 Å². The highest BCUT2D eigenvalue weighted by molar-refractivity contribution is 7.99. The molecule has 1 atom stereocenters. The Morgan fingerprint density at radius 2 is 2.00 bits per heavy atom. The van der Waals surface area contributed by atoms with Crippen molar-refractivity contribution >= 4 is 35.0 Å². The van der Waals surface area contributed by atoms with Gasteiger partial charge in [0.05, 0.1) is 10.0 Å². The third-order valence-electron chi connectivity index (χ3n) is 2.88. The van der Waals surface area contributed by atoms with E-state index in [1.165, 1.54) is 5.56 Å². The Bertz CT molecular complexity index is 590. The van der Waals surface area contributed by atoms with Gasteiger partial charge in [-0.25, -0.2) is 4.98 Å². The summed E-state index contributed by atoms with van der Waals surface area (Å²) in [6.45, 7) is 5.19. The lowest BCUT2D eigenvalue weighted by Gasteiger charge is -2.13. The molecular weight excluding hydrogens is 311 g/mol. The van der Waals surface area contributed by atoms with Gasteiger partial charge in [0, 0.05) is 17.1 Å². The zero-order chi connectivity index (χ0) is 14.5. The number of rotatable bonds is 5. The lowest BCUT2D eigenvalue weighted by atomic mass is 10.1. The van der Waals surface area contributed by atoms with Crippen LogP contribution in [0.4, 0.5) is 0 Å². The molecule has 1 aromatic carbocycles. The van der Waals surface area contributed by atoms with Crippen LogP contribution in [0, 0.1) is 0 Å². The number of hydrogen-bond acceptors (Lipinski definition) is 3. The van der Waals surface area contributed by atoms with Crippen molar-refractivity contribution < 1.29 is 0 Å². The summed E-state index contributed by atoms with van der Waals surface area (Å²) in [5.41, 5.74) is 1.23. The lowest BCUT2D eigenvalue weighted by Crippen LogP contribution is -2.17. The van der Waals surface area contributed by atoms with Crippen molar-refractivity contribution in [3.63, 3.8) is 0 Å². The number of benzene rings is 1. The van der Waals surface area contributed by atoms with Crippen LogP contribution in [-0.4, -0.2) is 11.5 Å². The number of hydrogen-bond donors (Lipinski definition) is 1. The maximum absolute atomic E-state index is 6.03. The van der Waals surface area contributed by atoms with E-state index in [1.54, 1.807) is 17.8 Å². The molecule has 2 nitrogen and oxygen atoms in total. The maximum Gasteiger partial charge on any atom is 0.101 e. The molecule has 0 radical (unpaired) electrons. The first-order valence-electron chi connectivity index (χ1n) is 6.42. The van der Waals surface area contributed by atoms with Crippen LogP contribution in [0.1, 0.15) is 25.5 Å². The van der Waals surface area contributed by atoms with Gasteiger partial charge in [0.1, 0.15) is 5.03 Å². The maximum atomic E-state index is 6.03. The van der Waals surface area contributed by atoms with Gasteiger partial charge in [0.15, 0.2) is 0 Å². The van der Waals surface area contributed by atoms with Crippen LogP contribution in [0.15, 0.2) is 46.5 Å². The van der Waals surface area contributed by atoms with Crippen molar-refractivity contribution in [1.82, 2.24) is 10.3 Å². The number of nitrogens with one attached hydrogen (secondary N) is 1. The first-order valence-corrected chi connectivity index (χ1v) is 7.99. The van der Waals surface area contributed by atoms with Crippen molar-refractivity contribution in [2.45, 2.75) is 29.8 Å². The molecule has 1 heterocycles. The fraction of sp³-hybridized carbons (Fsp3) is 0.267. The van der Waals surface area contributed by atoms with Gasteiger partial charge in [-0.1, -0.05) is 41.9 Å². The summed E-state index contributed by atoms with van der Waals surface area (Å²) in [5, 5.41) is 5.48. The van der Waals surface area contributed by atoms with Crippen molar-refractivity contribution in [2.24, 2.45) is 0 Å². The molecular formula is C15H16Cl2N2S. The van der Waals surface area contributed by atoms with Crippen molar-refractivity contribution in [3.05, 3.63) is 52.1 Å². The van der Waals surface area contributed by atoms with Crippen LogP contribution < -0.4 is 5.32 Å². The molecule has 5 heteroatoms. The molecule has 0 amide bonds. The zero-order valence-corrected chi connectivity index (χ0v) is 13.7. The van der Waals surface area contributed by atoms with Gasteiger partial charge >= 0.3 is 0 Å². The predicted octanol–water partition coefficient (Wildman–Crippen LogP) is 5.21. The molecule has 0 saturated carbocycles. The largest absolute Gasteiger partial charge is 0.310 e. The van der Waals surface area contributed by atoms with E-state index in [0.29, 0.717) is 16.1 Å². The van der Waals surface area contributed by atoms with Gasteiger partial charge in [-0.05, 0) is 49.4 Å². The minimum atomic E-state index is 0.316. The molecule has 0 bridgehead atoms. The Kier molecular flexibility index (Phi) is 5.73. The minimum absolute atomic E-state index is 0.316. The van der Waals surface area contributed by atoms with Crippen LogP contribution in [0.25, 0.3) is 0 Å². The van der Waals surface area contributed by atoms with Gasteiger partial charge < -0.3 is 5.32 Å². The second kappa shape index (κ2) is 7.32. The van der Waals surface area contributed by atoms with E-state index in [1.807, 2.05) is 24.4 Å². The molecule has 1 aromatic heterocycles. The molecule has 0 saturated heterocycles. The van der Waals surface area contributed by atoms with Gasteiger partial charge in [-0.3, -0.25) is 0 Å². The molecule has 106 valence electrons. The highest BCUT2D eigenvalue weighted by Crippen LogP contribution is 2.32. The van der Waals surface area contributed by atoms with Crippen LogP contribution in [0.3, 0.4) is 0 Å². The van der Waals surface area contributed by atoms with Crippen molar-refractivity contribution in [2.75, 3.05) is 6.54 Å². The fourth-order valence-electron chi connectivity index (χ4n) is 1.84. The Hall–Kier alpha value is -0.740. The SMILES string of the molecule is CCNC(C)c1ccnc(Sc2ccc(Cl)c(Cl)c2)c1. The van der Waals surface area contributed by atoms with Crippen LogP contribution in [-0.2, 0) is 0 Å². The summed E-state index contributed by atoms with van der Waals surface area (Å²) >= 11 is 13.5. The molecule has 0 aliphatic heterocycles. The number of nitrogens with zero attached hydrogens (tertiary/aromatic N) is 1. The van der Waals surface area contributed by atoms with E-state index in [2.05, 4.69) is 30.2 Å². The van der Waals surface area contributed by atoms with Gasteiger partial charge in [-0.15, -0.1) is 0 Å². The minimum Gasteiger partial charge on any atom is -0.310 e. The normalized spacial score (nSPS) is 12.4. The summed E-state index contributed by atoms with van der Waals surface area (Å²) in [6, 6.07) is 10.1. The molecule has 2 aromatic rings. The summed E-state index contributed by atoms with van der Waals surface area (Å²) < 4.78 is 0. The Labute approximate surface area is 133 Å². The molecule has 0 aliphatic carbocycles. The lowest BCUT2D eigenvalue weighted by molar-refractivity contribution is 0.596. The van der Waals surface area contributed by atoms with E-state index in [-0.39, 0.29) is 0 Å². The zero-order valence-electron chi connectivity index (χ0n) is 11.4. The first kappa shape index (κ1) is 15.6. The number of aromatic nitrogens is 1. The van der Waals surface area contributed by atoms with Crippen LogP contribution >= 0.6 is 35.0 Å². The molecule has 20 heavy (non-hydrogen) atoms. The van der Waals surface area contributed by atoms with Crippen molar-refractivity contribution in [1.29, 1.82) is 0 Å². The monoisotopic (exact) mass is 326 g/mol. The second-order valence-electron chi connectivity index (χ2n) is 4.38. The average Bonchev–Trinajstić information content (AvgIpc) is 2.43. The Morgan fingerprint density at radius 3 is 2.70 bits per heavy atom. The number of halogens is 2. The predicted molar refractivity (Wildman–Crippen MR) is 86.9 cm³/mol. The first-order chi connectivity index (χ1) is 9.60. The third kappa shape index (κ3) is 4.13. The van der Waals surface area contributed by atoms with Crippen molar-refractivity contribution in [3.8, 4) is 0 Å². The van der Waals surface area contributed by atoms with E-state index in [0.717, 1.165) is 16.5 Å². The molecule has 2 rings (SSSR count). The summed E-state index contributed by atoms with van der Waals surface area (Å²) in [5.74, 6) is 0. The molecule has 0 aliphatic rings. The third-order valence-corrected chi connectivity index (χ3v) is 4.54. The van der Waals surface area contributed by atoms with E-state index in [9.17, 15) is 0 Å². The standard InChI is InChI=1S/C15H16Cl2N2S/c1-3-18-10(2)11-6-7-19-15(8-11)20-12-4-5-13(16)14(17)9-12/h4-10,18H,3H2,1-2H3. The highest BCUT2D eigenvalue weighted by Gasteiger charge is 2.07. The van der Waals surface area contributed by atoms with Gasteiger partial charge in [0.2, 0.25) is 0 Å².